The third-order valence-electron chi connectivity index (χ3n) is 6.31. The average Bonchev–Trinajstić information content (AvgIpc) is 3.33. The van der Waals surface area contributed by atoms with Gasteiger partial charge in [-0.05, 0) is 49.4 Å². The first-order valence-electron chi connectivity index (χ1n) is 9.89. The van der Waals surface area contributed by atoms with E-state index in [9.17, 15) is 24.0 Å². The number of benzene rings is 1. The van der Waals surface area contributed by atoms with Crippen LogP contribution in [0.1, 0.15) is 23.7 Å². The van der Waals surface area contributed by atoms with E-state index in [0.29, 0.717) is 11.3 Å². The van der Waals surface area contributed by atoms with Crippen molar-refractivity contribution in [2.75, 3.05) is 18.5 Å². The van der Waals surface area contributed by atoms with E-state index in [-0.39, 0.29) is 39.1 Å². The molecule has 6 atom stereocenters. The molecule has 0 aromatic heterocycles. The summed E-state index contributed by atoms with van der Waals surface area (Å²) >= 11 is 7.23. The van der Waals surface area contributed by atoms with Gasteiger partial charge in [-0.3, -0.25) is 28.9 Å². The fourth-order valence-corrected chi connectivity index (χ4v) is 6.75. The number of ketones is 1. The van der Waals surface area contributed by atoms with Crippen LogP contribution in [0.5, 0.6) is 0 Å². The number of rotatable bonds is 6. The summed E-state index contributed by atoms with van der Waals surface area (Å²) in [5.41, 5.74) is 0.966. The number of hydrogen-bond acceptors (Lipinski definition) is 6. The fourth-order valence-electron chi connectivity index (χ4n) is 4.87. The van der Waals surface area contributed by atoms with Gasteiger partial charge >= 0.3 is 5.97 Å². The molecule has 0 unspecified atom stereocenters. The summed E-state index contributed by atoms with van der Waals surface area (Å²) in [6.07, 6.45) is 0.810. The molecule has 1 heterocycles. The highest BCUT2D eigenvalue weighted by molar-refractivity contribution is 9.12. The van der Waals surface area contributed by atoms with Crippen molar-refractivity contribution in [1.29, 1.82) is 0 Å². The molecule has 164 valence electrons. The van der Waals surface area contributed by atoms with Crippen LogP contribution < -0.4 is 5.32 Å². The minimum atomic E-state index is -0.818. The fraction of sp³-hybridized carbons (Fsp3) is 0.476. The Morgan fingerprint density at radius 1 is 1.03 bits per heavy atom. The van der Waals surface area contributed by atoms with Gasteiger partial charge in [-0.1, -0.05) is 31.9 Å². The number of amides is 3. The average molecular weight is 556 g/mol. The molecular formula is C21H20Br2N2O6. The van der Waals surface area contributed by atoms with Crippen molar-refractivity contribution < 1.29 is 28.7 Å². The van der Waals surface area contributed by atoms with E-state index in [1.165, 1.54) is 6.92 Å². The van der Waals surface area contributed by atoms with Crippen molar-refractivity contribution in [2.24, 2.45) is 23.7 Å². The summed E-state index contributed by atoms with van der Waals surface area (Å²) in [4.78, 5) is 62.3. The lowest BCUT2D eigenvalue weighted by molar-refractivity contribution is -0.154. The van der Waals surface area contributed by atoms with Gasteiger partial charge in [0, 0.05) is 20.9 Å². The van der Waals surface area contributed by atoms with Crippen molar-refractivity contribution >= 4 is 67.0 Å². The van der Waals surface area contributed by atoms with Gasteiger partial charge in [-0.2, -0.15) is 0 Å². The van der Waals surface area contributed by atoms with E-state index in [1.54, 1.807) is 24.3 Å². The lowest BCUT2D eigenvalue weighted by atomic mass is 9.81. The summed E-state index contributed by atoms with van der Waals surface area (Å²) < 4.78 is 4.96. The molecule has 1 aliphatic heterocycles. The first-order valence-corrected chi connectivity index (χ1v) is 11.7. The Morgan fingerprint density at radius 3 is 2.10 bits per heavy atom. The van der Waals surface area contributed by atoms with Crippen LogP contribution in [0.2, 0.25) is 0 Å². The van der Waals surface area contributed by atoms with Gasteiger partial charge in [-0.15, -0.1) is 0 Å². The molecule has 2 aliphatic carbocycles. The summed E-state index contributed by atoms with van der Waals surface area (Å²) in [6, 6.07) is 6.29. The standard InChI is InChI=1S/C21H20Br2N2O6/c1-9(26)10-2-4-11(5-3-10)24-14(27)8-31-15(28)7-25-20(29)16-12-6-13(17(16)21(25)30)19(23)18(12)22/h2-5,12-13,16-19H,6-8H2,1H3,(H,24,27)/t12-,13-,16-,17-,18+,19+/m1/s1. The zero-order valence-corrected chi connectivity index (χ0v) is 19.7. The maximum Gasteiger partial charge on any atom is 0.326 e. The van der Waals surface area contributed by atoms with E-state index in [4.69, 9.17) is 4.74 Å². The number of nitrogens with one attached hydrogen (secondary N) is 1. The molecule has 8 nitrogen and oxygen atoms in total. The van der Waals surface area contributed by atoms with Gasteiger partial charge in [0.2, 0.25) is 11.8 Å². The van der Waals surface area contributed by atoms with Crippen molar-refractivity contribution in [3.63, 3.8) is 0 Å². The van der Waals surface area contributed by atoms with E-state index in [2.05, 4.69) is 37.2 Å². The topological polar surface area (TPSA) is 110 Å². The number of anilines is 1. The number of likely N-dealkylation sites (tertiary alicyclic amines) is 1. The molecule has 0 radical (unpaired) electrons. The van der Waals surface area contributed by atoms with E-state index >= 15 is 0 Å². The van der Waals surface area contributed by atoms with Crippen LogP contribution in [0.25, 0.3) is 0 Å². The Morgan fingerprint density at radius 2 is 1.58 bits per heavy atom. The number of carbonyl (C=O) groups excluding carboxylic acids is 5. The largest absolute Gasteiger partial charge is 0.454 e. The second-order valence-corrected chi connectivity index (χ2v) is 10.2. The van der Waals surface area contributed by atoms with Crippen LogP contribution >= 0.6 is 31.9 Å². The van der Waals surface area contributed by atoms with E-state index < -0.39 is 36.9 Å². The summed E-state index contributed by atoms with van der Waals surface area (Å²) in [5.74, 6) is -2.81. The number of halogens is 2. The Labute approximate surface area is 195 Å². The Bertz CT molecular complexity index is 933. The maximum atomic E-state index is 12.8. The predicted octanol–water partition coefficient (Wildman–Crippen LogP) is 2.15. The molecule has 0 spiro atoms. The van der Waals surface area contributed by atoms with Gasteiger partial charge in [0.05, 0.1) is 11.8 Å². The zero-order valence-electron chi connectivity index (χ0n) is 16.5. The van der Waals surface area contributed by atoms with Gasteiger partial charge in [0.1, 0.15) is 6.54 Å². The van der Waals surface area contributed by atoms with E-state index in [0.717, 1.165) is 11.3 Å². The monoisotopic (exact) mass is 554 g/mol. The second-order valence-electron chi connectivity index (χ2n) is 8.11. The zero-order chi connectivity index (χ0) is 22.4. The summed E-state index contributed by atoms with van der Waals surface area (Å²) in [5, 5.41) is 2.55. The minimum absolute atomic E-state index is 0.0667. The van der Waals surface area contributed by atoms with Gasteiger partial charge < -0.3 is 10.1 Å². The van der Waals surface area contributed by atoms with Crippen molar-refractivity contribution in [2.45, 2.75) is 23.0 Å². The Kier molecular flexibility index (Phi) is 6.04. The van der Waals surface area contributed by atoms with Crippen LogP contribution in [0.3, 0.4) is 0 Å². The van der Waals surface area contributed by atoms with Crippen LogP contribution in [0.15, 0.2) is 24.3 Å². The molecular weight excluding hydrogens is 536 g/mol. The molecule has 3 amide bonds. The highest BCUT2D eigenvalue weighted by Gasteiger charge is 2.66. The molecule has 1 aromatic carbocycles. The third kappa shape index (κ3) is 3.95. The van der Waals surface area contributed by atoms with Crippen molar-refractivity contribution in [1.82, 2.24) is 4.90 Å². The number of fused-ring (bicyclic) bond motifs is 5. The lowest BCUT2D eigenvalue weighted by Crippen LogP contribution is -2.38. The molecule has 10 heteroatoms. The number of alkyl halides is 2. The first kappa shape index (κ1) is 22.1. The van der Waals surface area contributed by atoms with Crippen molar-refractivity contribution in [3.8, 4) is 0 Å². The number of hydrogen-bond donors (Lipinski definition) is 1. The van der Waals surface area contributed by atoms with Crippen LogP contribution in [0, 0.1) is 23.7 Å². The smallest absolute Gasteiger partial charge is 0.326 e. The normalized spacial score (nSPS) is 31.0. The molecule has 1 N–H and O–H groups in total. The van der Waals surface area contributed by atoms with Crippen LogP contribution in [-0.2, 0) is 23.9 Å². The highest BCUT2D eigenvalue weighted by Crippen LogP contribution is 2.60. The summed E-state index contributed by atoms with van der Waals surface area (Å²) in [6.45, 7) is 0.399. The molecule has 3 fully saturated rings. The molecule has 31 heavy (non-hydrogen) atoms. The van der Waals surface area contributed by atoms with Gasteiger partial charge in [-0.25, -0.2) is 0 Å². The first-order chi connectivity index (χ1) is 14.7. The highest BCUT2D eigenvalue weighted by atomic mass is 79.9. The predicted molar refractivity (Wildman–Crippen MR) is 117 cm³/mol. The molecule has 1 saturated heterocycles. The SMILES string of the molecule is CC(=O)c1ccc(NC(=O)COC(=O)CN2C(=O)[C@@H]3[C@H]4C[C@@H]([C@H](Br)[C@H]4Br)[C@H]3C2=O)cc1. The molecule has 1 aromatic rings. The minimum Gasteiger partial charge on any atom is -0.454 e. The van der Waals surface area contributed by atoms with Crippen molar-refractivity contribution in [3.05, 3.63) is 29.8 Å². The molecule has 4 rings (SSSR count). The molecule has 3 aliphatic rings. The number of imide groups is 1. The molecule has 2 saturated carbocycles. The number of carbonyl (C=O) groups is 5. The number of esters is 1. The van der Waals surface area contributed by atoms with Gasteiger partial charge in [0.15, 0.2) is 12.4 Å². The third-order valence-corrected chi connectivity index (χ3v) is 9.51. The maximum absolute atomic E-state index is 12.8. The Balaban J connectivity index is 1.29. The quantitative estimate of drug-likeness (QED) is 0.249. The molecule has 2 bridgehead atoms. The lowest BCUT2D eigenvalue weighted by Gasteiger charge is -2.28. The van der Waals surface area contributed by atoms with Crippen LogP contribution in [0.4, 0.5) is 5.69 Å². The summed E-state index contributed by atoms with van der Waals surface area (Å²) in [7, 11) is 0. The second kappa shape index (κ2) is 8.46. The van der Waals surface area contributed by atoms with Crippen LogP contribution in [-0.4, -0.2) is 57.2 Å². The van der Waals surface area contributed by atoms with Gasteiger partial charge in [0.25, 0.3) is 5.91 Å². The number of Topliss-reactive ketones (excluding diaryl/α,β-unsaturated/α-hetero) is 1. The Hall–Kier alpha value is -2.07. The number of nitrogens with zero attached hydrogens (tertiary/aromatic N) is 1. The van der Waals surface area contributed by atoms with E-state index in [1.807, 2.05) is 0 Å². The number of ether oxygens (including phenoxy) is 1.